The first-order chi connectivity index (χ1) is 14.3. The van der Waals surface area contributed by atoms with Crippen molar-refractivity contribution in [2.45, 2.75) is 57.5 Å². The summed E-state index contributed by atoms with van der Waals surface area (Å²) >= 11 is 0. The third-order valence-electron chi connectivity index (χ3n) is 7.37. The smallest absolute Gasteiger partial charge is 0.223 e. The molecule has 1 aromatic carbocycles. The third-order valence-corrected chi connectivity index (χ3v) is 7.37. The van der Waals surface area contributed by atoms with E-state index in [2.05, 4.69) is 6.07 Å². The molecule has 0 radical (unpaired) electrons. The Kier molecular flexibility index (Phi) is 5.31. The molecular formula is C23H30FN4O2+. The van der Waals surface area contributed by atoms with E-state index in [4.69, 9.17) is 10.1 Å². The molecule has 2 aliphatic heterocycles. The molecule has 2 saturated heterocycles. The molecule has 2 aliphatic carbocycles. The van der Waals surface area contributed by atoms with Gasteiger partial charge in [0.2, 0.25) is 5.91 Å². The number of quaternary nitrogens is 1. The summed E-state index contributed by atoms with van der Waals surface area (Å²) in [6, 6.07) is 6.12. The van der Waals surface area contributed by atoms with Gasteiger partial charge < -0.3 is 20.4 Å². The first-order valence-corrected chi connectivity index (χ1v) is 10.8. The Morgan fingerprint density at radius 3 is 2.63 bits per heavy atom. The number of methoxy groups -OCH3 is 1. The van der Waals surface area contributed by atoms with Crippen molar-refractivity contribution in [2.24, 2.45) is 17.3 Å². The van der Waals surface area contributed by atoms with Gasteiger partial charge in [0.15, 0.2) is 11.6 Å². The number of rotatable bonds is 6. The molecule has 30 heavy (non-hydrogen) atoms. The number of halogens is 1. The topological polar surface area (TPSA) is 93.8 Å². The second kappa shape index (κ2) is 7.66. The minimum Gasteiger partial charge on any atom is -0.494 e. The van der Waals surface area contributed by atoms with Crippen molar-refractivity contribution < 1.29 is 19.2 Å². The highest BCUT2D eigenvalue weighted by Gasteiger charge is 2.56. The van der Waals surface area contributed by atoms with Crippen LogP contribution in [0.1, 0.15) is 51.0 Å². The molecule has 4 bridgehead atoms. The average Bonchev–Trinajstić information content (AvgIpc) is 2.72. The molecule has 1 aromatic rings. The second-order valence-corrected chi connectivity index (χ2v) is 9.30. The van der Waals surface area contributed by atoms with Gasteiger partial charge in [-0.25, -0.2) is 4.39 Å². The number of carbonyl (C=O) groups is 1. The minimum absolute atomic E-state index is 0.0273. The van der Waals surface area contributed by atoms with Crippen LogP contribution in [0.15, 0.2) is 12.1 Å². The average molecular weight is 414 g/mol. The van der Waals surface area contributed by atoms with Crippen molar-refractivity contribution in [3.8, 4) is 11.8 Å². The third kappa shape index (κ3) is 3.27. The van der Waals surface area contributed by atoms with E-state index < -0.39 is 11.7 Å². The summed E-state index contributed by atoms with van der Waals surface area (Å²) in [6.07, 6.45) is 4.66. The SMILES string of the molecule is C[NH2+]c1ccc(OC)c(F)c1C(=N)C(C)CC(=O)N1C2CC3CC1CC(C#N)(C3)C2. The number of ether oxygens (including phenoxy) is 1. The van der Waals surface area contributed by atoms with E-state index in [-0.39, 0.29) is 46.9 Å². The molecule has 2 saturated carbocycles. The van der Waals surface area contributed by atoms with Crippen LogP contribution < -0.4 is 10.1 Å². The van der Waals surface area contributed by atoms with E-state index in [1.54, 1.807) is 24.5 Å². The van der Waals surface area contributed by atoms with Crippen LogP contribution in [0.25, 0.3) is 0 Å². The summed E-state index contributed by atoms with van der Waals surface area (Å²) in [5, 5.41) is 20.1. The number of amides is 1. The van der Waals surface area contributed by atoms with Gasteiger partial charge in [0, 0.05) is 30.5 Å². The van der Waals surface area contributed by atoms with Crippen molar-refractivity contribution in [1.29, 1.82) is 10.7 Å². The van der Waals surface area contributed by atoms with Gasteiger partial charge in [0.1, 0.15) is 5.69 Å². The van der Waals surface area contributed by atoms with Crippen molar-refractivity contribution in [2.75, 3.05) is 14.2 Å². The van der Waals surface area contributed by atoms with Gasteiger partial charge in [-0.15, -0.1) is 0 Å². The highest BCUT2D eigenvalue weighted by molar-refractivity contribution is 6.05. The quantitative estimate of drug-likeness (QED) is 0.555. The fourth-order valence-electron chi connectivity index (χ4n) is 6.13. The normalized spacial score (nSPS) is 30.1. The lowest BCUT2D eigenvalue weighted by Crippen LogP contribution is -2.73. The summed E-state index contributed by atoms with van der Waals surface area (Å²) < 4.78 is 20.0. The van der Waals surface area contributed by atoms with Crippen LogP contribution >= 0.6 is 0 Å². The standard InChI is InChI=1S/C23H29FN4O2/c1-13(22(26)20-17(27-2)4-5-18(30-3)21(20)24)6-19(29)28-15-7-14-8-16(28)11-23(9-14,10-15)12-25/h4-5,13-16,26-27H,6-11H2,1-3H3/p+1. The second-order valence-electron chi connectivity index (χ2n) is 9.30. The van der Waals surface area contributed by atoms with Crippen LogP contribution in [0, 0.1) is 39.8 Å². The summed E-state index contributed by atoms with van der Waals surface area (Å²) in [5.74, 6) is -0.288. The van der Waals surface area contributed by atoms with Crippen LogP contribution in [0.2, 0.25) is 0 Å². The Hall–Kier alpha value is -2.46. The number of nitrogens with one attached hydrogen (secondary N) is 1. The molecule has 4 aliphatic rings. The Balaban J connectivity index is 1.51. The molecule has 0 spiro atoms. The molecule has 3 atom stereocenters. The van der Waals surface area contributed by atoms with Crippen LogP contribution in [0.3, 0.4) is 0 Å². The van der Waals surface area contributed by atoms with E-state index in [9.17, 15) is 14.4 Å². The zero-order chi connectivity index (χ0) is 21.6. The Bertz CT molecular complexity index is 909. The van der Waals surface area contributed by atoms with Crippen molar-refractivity contribution >= 4 is 17.3 Å². The van der Waals surface area contributed by atoms with Crippen molar-refractivity contribution in [3.05, 3.63) is 23.5 Å². The van der Waals surface area contributed by atoms with Gasteiger partial charge in [-0.1, -0.05) is 6.92 Å². The first-order valence-electron chi connectivity index (χ1n) is 10.8. The van der Waals surface area contributed by atoms with E-state index in [0.29, 0.717) is 11.6 Å². The van der Waals surface area contributed by atoms with E-state index in [0.717, 1.165) is 32.1 Å². The van der Waals surface area contributed by atoms with Crippen LogP contribution in [-0.4, -0.2) is 42.8 Å². The molecule has 2 heterocycles. The number of carbonyl (C=O) groups excluding carboxylic acids is 1. The maximum absolute atomic E-state index is 14.9. The summed E-state index contributed by atoms with van der Waals surface area (Å²) in [7, 11) is 3.21. The lowest BCUT2D eigenvalue weighted by Gasteiger charge is -2.59. The van der Waals surface area contributed by atoms with Gasteiger partial charge in [-0.3, -0.25) is 4.79 Å². The lowest BCUT2D eigenvalue weighted by molar-refractivity contribution is -0.539. The van der Waals surface area contributed by atoms with Crippen LogP contribution in [0.4, 0.5) is 10.1 Å². The molecular weight excluding hydrogens is 383 g/mol. The van der Waals surface area contributed by atoms with Gasteiger partial charge in [-0.05, 0) is 44.1 Å². The lowest BCUT2D eigenvalue weighted by atomic mass is 9.56. The fraction of sp³-hybridized carbons (Fsp3) is 0.609. The van der Waals surface area contributed by atoms with E-state index in [1.165, 1.54) is 7.11 Å². The number of hydrogen-bond donors (Lipinski definition) is 2. The number of benzene rings is 1. The zero-order valence-electron chi connectivity index (χ0n) is 17.9. The molecule has 4 fully saturated rings. The maximum atomic E-state index is 14.9. The number of nitriles is 1. The number of nitrogens with zero attached hydrogens (tertiary/aromatic N) is 2. The van der Waals surface area contributed by atoms with Crippen molar-refractivity contribution in [1.82, 2.24) is 4.90 Å². The van der Waals surface area contributed by atoms with Crippen LogP contribution in [0.5, 0.6) is 5.75 Å². The van der Waals surface area contributed by atoms with Crippen molar-refractivity contribution in [3.63, 3.8) is 0 Å². The molecule has 6 nitrogen and oxygen atoms in total. The largest absolute Gasteiger partial charge is 0.494 e. The van der Waals surface area contributed by atoms with Gasteiger partial charge in [0.25, 0.3) is 0 Å². The van der Waals surface area contributed by atoms with Crippen LogP contribution in [-0.2, 0) is 4.79 Å². The minimum atomic E-state index is -0.553. The predicted octanol–water partition coefficient (Wildman–Crippen LogP) is 2.74. The van der Waals surface area contributed by atoms with Gasteiger partial charge in [0.05, 0.1) is 36.9 Å². The Labute approximate surface area is 176 Å². The number of hydrogen-bond acceptors (Lipinski definition) is 4. The molecule has 160 valence electrons. The summed E-state index contributed by atoms with van der Waals surface area (Å²) in [4.78, 5) is 15.3. The molecule has 7 heteroatoms. The maximum Gasteiger partial charge on any atom is 0.223 e. The fourth-order valence-corrected chi connectivity index (χ4v) is 6.13. The summed E-state index contributed by atoms with van der Waals surface area (Å²) in [5.41, 5.74) is 0.705. The van der Waals surface area contributed by atoms with E-state index in [1.807, 2.05) is 11.8 Å². The summed E-state index contributed by atoms with van der Waals surface area (Å²) in [6.45, 7) is 1.81. The highest BCUT2D eigenvalue weighted by atomic mass is 19.1. The molecule has 3 unspecified atom stereocenters. The molecule has 0 aromatic heterocycles. The van der Waals surface area contributed by atoms with E-state index >= 15 is 0 Å². The predicted molar refractivity (Wildman–Crippen MR) is 110 cm³/mol. The monoisotopic (exact) mass is 413 g/mol. The van der Waals surface area contributed by atoms with Gasteiger partial charge >= 0.3 is 0 Å². The highest BCUT2D eigenvalue weighted by Crippen LogP contribution is 2.56. The zero-order valence-corrected chi connectivity index (χ0v) is 17.9. The number of nitrogens with two attached hydrogens (primary N) is 1. The van der Waals surface area contributed by atoms with Gasteiger partial charge in [-0.2, -0.15) is 5.26 Å². The molecule has 3 N–H and O–H groups in total. The Morgan fingerprint density at radius 2 is 2.07 bits per heavy atom. The Morgan fingerprint density at radius 1 is 1.40 bits per heavy atom. The molecule has 5 rings (SSSR count). The number of piperidine rings is 2. The first kappa shape index (κ1) is 20.8. The molecule has 1 amide bonds.